The number of thiophene rings is 6. The van der Waals surface area contributed by atoms with Crippen molar-refractivity contribution < 1.29 is 28.6 Å². The highest BCUT2D eigenvalue weighted by atomic mass is 32.2. The number of hydrogen-bond acceptors (Lipinski definition) is 19. The van der Waals surface area contributed by atoms with Crippen LogP contribution in [0.2, 0.25) is 0 Å². The molecule has 3 saturated heterocycles. The summed E-state index contributed by atoms with van der Waals surface area (Å²) in [6.45, 7) is 7.45. The Hall–Kier alpha value is -5.99. The molecule has 12 rings (SSSR count). The molecule has 3 aromatic carbocycles. The molecule has 0 aliphatic carbocycles. The summed E-state index contributed by atoms with van der Waals surface area (Å²) in [5.41, 5.74) is 5.27. The second-order valence-electron chi connectivity index (χ2n) is 18.9. The Labute approximate surface area is 545 Å². The van der Waals surface area contributed by atoms with E-state index in [-0.39, 0.29) is 17.7 Å². The molecule has 3 amide bonds. The maximum atomic E-state index is 13.0. The van der Waals surface area contributed by atoms with Crippen LogP contribution in [-0.2, 0) is 14.4 Å². The molecule has 428 valence electrons. The summed E-state index contributed by atoms with van der Waals surface area (Å²) < 4.78 is 20.8. The molecular formula is C63H48N4O6S12. The normalized spacial score (nSPS) is 16.0. The van der Waals surface area contributed by atoms with E-state index in [0.29, 0.717) is 64.6 Å². The van der Waals surface area contributed by atoms with Gasteiger partial charge in [0.15, 0.2) is 0 Å². The minimum Gasteiger partial charge on any atom is -0.495 e. The molecular weight excluding hydrogens is 1290 g/mol. The van der Waals surface area contributed by atoms with Crippen molar-refractivity contribution in [1.82, 2.24) is 14.7 Å². The third kappa shape index (κ3) is 11.9. The first kappa shape index (κ1) is 59.3. The zero-order valence-electron chi connectivity index (χ0n) is 46.1. The molecule has 0 atom stereocenters. The highest BCUT2D eigenvalue weighted by molar-refractivity contribution is 8.27. The van der Waals surface area contributed by atoms with Crippen molar-refractivity contribution in [3.05, 3.63) is 157 Å². The molecule has 3 fully saturated rings. The molecule has 0 spiro atoms. The zero-order chi connectivity index (χ0) is 59.2. The third-order valence-electron chi connectivity index (χ3n) is 13.9. The molecule has 9 aromatic rings. The molecule has 0 bridgehead atoms. The lowest BCUT2D eigenvalue weighted by molar-refractivity contribution is -0.122. The second kappa shape index (κ2) is 25.4. The third-order valence-corrected chi connectivity index (χ3v) is 25.2. The number of thiocarbonyl (C=S) groups is 3. The summed E-state index contributed by atoms with van der Waals surface area (Å²) in [7, 11) is 5.08. The summed E-state index contributed by atoms with van der Waals surface area (Å²) in [5.74, 6) is 1.77. The fraction of sp³-hybridized carbons (Fsp3) is 0.143. The van der Waals surface area contributed by atoms with Gasteiger partial charge in [-0.15, -0.1) is 68.0 Å². The van der Waals surface area contributed by atoms with Crippen LogP contribution in [0.5, 0.6) is 17.2 Å². The Morgan fingerprint density at radius 3 is 0.894 bits per heavy atom. The second-order valence-corrected chi connectivity index (χ2v) is 30.5. The fourth-order valence-electron chi connectivity index (χ4n) is 9.71. The van der Waals surface area contributed by atoms with Crippen LogP contribution in [0, 0.1) is 0 Å². The average molecular weight is 1340 g/mol. The van der Waals surface area contributed by atoms with Crippen LogP contribution in [0.25, 0.3) is 78.8 Å². The van der Waals surface area contributed by atoms with Crippen LogP contribution < -0.4 is 19.1 Å². The van der Waals surface area contributed by atoms with Crippen molar-refractivity contribution >= 4 is 206 Å². The lowest BCUT2D eigenvalue weighted by atomic mass is 10.1. The smallest absolute Gasteiger partial charge is 0.266 e. The Kier molecular flexibility index (Phi) is 17.7. The number of carbonyl (C=O) groups excluding carboxylic acids is 3. The predicted octanol–water partition coefficient (Wildman–Crippen LogP) is 19.2. The van der Waals surface area contributed by atoms with Crippen LogP contribution >= 0.6 is 140 Å². The summed E-state index contributed by atoms with van der Waals surface area (Å²) in [6, 6.07) is 44.2. The first-order valence-electron chi connectivity index (χ1n) is 26.5. The Morgan fingerprint density at radius 2 is 0.635 bits per heavy atom. The van der Waals surface area contributed by atoms with E-state index in [2.05, 4.69) is 132 Å². The minimum absolute atomic E-state index is 0.0462. The summed E-state index contributed by atoms with van der Waals surface area (Å²) in [4.78, 5) is 60.7. The summed E-state index contributed by atoms with van der Waals surface area (Å²) in [5, 5.41) is 0. The fourth-order valence-corrected chi connectivity index (χ4v) is 20.2. The lowest BCUT2D eigenvalue weighted by Crippen LogP contribution is -2.27. The van der Waals surface area contributed by atoms with Crippen molar-refractivity contribution in [3.63, 3.8) is 0 Å². The van der Waals surface area contributed by atoms with Gasteiger partial charge in [-0.05, 0) is 165 Å². The maximum Gasteiger partial charge on any atom is 0.266 e. The van der Waals surface area contributed by atoms with E-state index in [9.17, 15) is 14.4 Å². The number of amides is 3. The van der Waals surface area contributed by atoms with Gasteiger partial charge in [0.05, 0.1) is 53.1 Å². The van der Waals surface area contributed by atoms with Crippen molar-refractivity contribution in [1.29, 1.82) is 0 Å². The van der Waals surface area contributed by atoms with Gasteiger partial charge < -0.3 is 14.2 Å². The van der Waals surface area contributed by atoms with E-state index < -0.39 is 0 Å². The van der Waals surface area contributed by atoms with Crippen LogP contribution in [0.3, 0.4) is 0 Å². The number of carbonyl (C=O) groups is 3. The van der Waals surface area contributed by atoms with Crippen molar-refractivity contribution in [2.75, 3.05) is 45.9 Å². The van der Waals surface area contributed by atoms with Gasteiger partial charge >= 0.3 is 0 Å². The van der Waals surface area contributed by atoms with Crippen LogP contribution in [0.1, 0.15) is 35.4 Å². The lowest BCUT2D eigenvalue weighted by Gasteiger charge is -2.30. The SMILES string of the molecule is CCN1C(=O)/C(=C/c2ccc(-c3ccc(-c4ccc(N(c5ccc(-c6ccc(-c7ccc(/C=C8\SC(=S)N(CC)C8=O)s7)s6)cc5OC)c5ccc(-c6ccc(-c7ccc(/C=C8\SC(=S)N(CC)C8=O)s7)s6)cc5OC)c(OC)c4)s3)s2)SC1=S. The van der Waals surface area contributed by atoms with Gasteiger partial charge in [-0.3, -0.25) is 34.0 Å². The van der Waals surface area contributed by atoms with E-state index in [0.717, 1.165) is 92.3 Å². The van der Waals surface area contributed by atoms with Crippen molar-refractivity contribution in [2.24, 2.45) is 0 Å². The molecule has 3 aliphatic rings. The van der Waals surface area contributed by atoms with Gasteiger partial charge in [0.1, 0.15) is 30.2 Å². The highest BCUT2D eigenvalue weighted by Crippen LogP contribution is 2.52. The standard InChI is InChI=1S/C63H48N4O6S12/c1-7-64-58(68)55(83-61(64)74)31-37-13-19-49(77-37)52-25-22-46(80-52)34-10-16-40(43(28-34)71-4)67(41-17-11-35(29-44(41)72-5)47-23-26-53(81-47)50-20-14-38(78-50)32-56-59(69)65(8-2)62(75)84-56)42-18-12-36(30-45(42)73-6)48-24-27-54(82-48)51-21-15-39(79-51)33-57-60(70)66(9-3)63(76)85-57/h10-33H,7-9H2,1-6H3/b55-31-,56-32-,57-33-. The van der Waals surface area contributed by atoms with Gasteiger partial charge in [0, 0.05) is 78.2 Å². The molecule has 0 saturated carbocycles. The van der Waals surface area contributed by atoms with Gasteiger partial charge in [-0.2, -0.15) is 0 Å². The van der Waals surface area contributed by atoms with E-state index >= 15 is 0 Å². The zero-order valence-corrected chi connectivity index (χ0v) is 55.9. The summed E-state index contributed by atoms with van der Waals surface area (Å²) in [6.07, 6.45) is 5.81. The molecule has 6 aromatic heterocycles. The monoisotopic (exact) mass is 1340 g/mol. The number of ether oxygens (including phenoxy) is 3. The quantitative estimate of drug-likeness (QED) is 0.0604. The number of methoxy groups -OCH3 is 3. The molecule has 3 aliphatic heterocycles. The largest absolute Gasteiger partial charge is 0.495 e. The highest BCUT2D eigenvalue weighted by Gasteiger charge is 2.34. The van der Waals surface area contributed by atoms with Gasteiger partial charge in [-0.25, -0.2) is 0 Å². The van der Waals surface area contributed by atoms with Gasteiger partial charge in [0.2, 0.25) is 0 Å². The molecule has 0 N–H and O–H groups in total. The molecule has 0 radical (unpaired) electrons. The van der Waals surface area contributed by atoms with Crippen molar-refractivity contribution in [3.8, 4) is 77.8 Å². The molecule has 22 heteroatoms. The molecule has 0 unspecified atom stereocenters. The predicted molar refractivity (Wildman–Crippen MR) is 377 cm³/mol. The van der Waals surface area contributed by atoms with Crippen LogP contribution in [0.15, 0.2) is 142 Å². The number of likely N-dealkylation sites (N-methyl/N-ethyl adjacent to an activating group) is 3. The van der Waals surface area contributed by atoms with Crippen molar-refractivity contribution in [2.45, 2.75) is 20.8 Å². The van der Waals surface area contributed by atoms with Crippen LogP contribution in [-0.4, -0.2) is 86.3 Å². The van der Waals surface area contributed by atoms with E-state index in [1.165, 1.54) is 35.3 Å². The molecule has 85 heavy (non-hydrogen) atoms. The number of thioether (sulfide) groups is 3. The minimum atomic E-state index is -0.0462. The number of anilines is 3. The maximum absolute atomic E-state index is 13.0. The van der Waals surface area contributed by atoms with E-state index in [1.807, 2.05) is 39.0 Å². The Balaban J connectivity index is 0.871. The Morgan fingerprint density at radius 1 is 0.376 bits per heavy atom. The molecule has 10 nitrogen and oxygen atoms in total. The number of hydrogen-bond donors (Lipinski definition) is 0. The summed E-state index contributed by atoms with van der Waals surface area (Å²) >= 11 is 30.4. The topological polar surface area (TPSA) is 91.9 Å². The van der Waals surface area contributed by atoms with Gasteiger partial charge in [0.25, 0.3) is 17.7 Å². The first-order valence-corrected chi connectivity index (χ1v) is 35.1. The number of nitrogens with zero attached hydrogens (tertiary/aromatic N) is 4. The molecule has 9 heterocycles. The van der Waals surface area contributed by atoms with Crippen LogP contribution in [0.4, 0.5) is 17.1 Å². The van der Waals surface area contributed by atoms with E-state index in [4.69, 9.17) is 50.9 Å². The average Bonchev–Trinajstić information content (AvgIpc) is 3.08. The van der Waals surface area contributed by atoms with Gasteiger partial charge in [-0.1, -0.05) is 90.1 Å². The van der Waals surface area contributed by atoms with E-state index in [1.54, 1.807) is 104 Å². The first-order chi connectivity index (χ1) is 41.3. The number of benzene rings is 3. The Bertz CT molecular complexity index is 3860. The number of rotatable bonds is 18.